The van der Waals surface area contributed by atoms with E-state index in [1.807, 2.05) is 6.07 Å². The van der Waals surface area contributed by atoms with Gasteiger partial charge in [-0.1, -0.05) is 24.3 Å². The van der Waals surface area contributed by atoms with Gasteiger partial charge in [-0.15, -0.1) is 0 Å². The van der Waals surface area contributed by atoms with Crippen LogP contribution < -0.4 is 0 Å². The summed E-state index contributed by atoms with van der Waals surface area (Å²) in [5.74, 6) is -2.35. The van der Waals surface area contributed by atoms with E-state index in [1.54, 1.807) is 24.4 Å². The second kappa shape index (κ2) is 5.05. The van der Waals surface area contributed by atoms with E-state index in [0.717, 1.165) is 11.5 Å². The molecule has 1 aromatic heterocycles. The first kappa shape index (κ1) is 13.4. The van der Waals surface area contributed by atoms with E-state index in [2.05, 4.69) is 4.98 Å². The highest BCUT2D eigenvalue weighted by atomic mass is 19.1. The minimum atomic E-state index is -0.857. The van der Waals surface area contributed by atoms with Crippen LogP contribution in [0.4, 0.5) is 8.78 Å². The Hall–Kier alpha value is -2.62. The Morgan fingerprint density at radius 2 is 1.90 bits per heavy atom. The molecule has 0 N–H and O–H groups in total. The molecule has 1 heterocycles. The minimum Gasteiger partial charge on any atom is -0.288 e. The maximum Gasteiger partial charge on any atom is 0.199 e. The molecule has 0 aliphatic rings. The van der Waals surface area contributed by atoms with Crippen LogP contribution >= 0.6 is 0 Å². The van der Waals surface area contributed by atoms with Gasteiger partial charge in [0.25, 0.3) is 0 Å². The van der Waals surface area contributed by atoms with Crippen LogP contribution in [-0.2, 0) is 0 Å². The lowest BCUT2D eigenvalue weighted by Crippen LogP contribution is -2.09. The number of pyridine rings is 1. The maximum atomic E-state index is 14.1. The second-order valence-corrected chi connectivity index (χ2v) is 4.78. The number of rotatable bonds is 2. The topological polar surface area (TPSA) is 30.0 Å². The lowest BCUT2D eigenvalue weighted by molar-refractivity contribution is 0.103. The first-order valence-corrected chi connectivity index (χ1v) is 6.41. The molecule has 0 saturated heterocycles. The zero-order valence-electron chi connectivity index (χ0n) is 11.2. The van der Waals surface area contributed by atoms with Crippen molar-refractivity contribution < 1.29 is 13.6 Å². The summed E-state index contributed by atoms with van der Waals surface area (Å²) in [4.78, 5) is 16.5. The van der Waals surface area contributed by atoms with E-state index in [0.29, 0.717) is 5.39 Å². The highest BCUT2D eigenvalue weighted by Crippen LogP contribution is 2.24. The maximum absolute atomic E-state index is 14.1. The second-order valence-electron chi connectivity index (χ2n) is 4.78. The Kier molecular flexibility index (Phi) is 3.22. The van der Waals surface area contributed by atoms with E-state index in [4.69, 9.17) is 0 Å². The monoisotopic (exact) mass is 283 g/mol. The van der Waals surface area contributed by atoms with Crippen molar-refractivity contribution in [1.29, 1.82) is 0 Å². The molecule has 0 atom stereocenters. The number of hydrogen-bond acceptors (Lipinski definition) is 2. The Morgan fingerprint density at radius 1 is 1.10 bits per heavy atom. The van der Waals surface area contributed by atoms with Crippen molar-refractivity contribution in [1.82, 2.24) is 4.98 Å². The van der Waals surface area contributed by atoms with Crippen LogP contribution in [0.25, 0.3) is 10.8 Å². The van der Waals surface area contributed by atoms with Gasteiger partial charge in [0.2, 0.25) is 0 Å². The van der Waals surface area contributed by atoms with Crippen LogP contribution in [0, 0.1) is 18.6 Å². The Labute approximate surface area is 120 Å². The molecule has 3 rings (SSSR count). The highest BCUT2D eigenvalue weighted by molar-refractivity contribution is 6.16. The van der Waals surface area contributed by atoms with Gasteiger partial charge in [-0.05, 0) is 30.0 Å². The predicted molar refractivity (Wildman–Crippen MR) is 76.3 cm³/mol. The molecule has 21 heavy (non-hydrogen) atoms. The molecule has 0 radical (unpaired) electrons. The van der Waals surface area contributed by atoms with Crippen molar-refractivity contribution in [3.05, 3.63) is 77.1 Å². The van der Waals surface area contributed by atoms with Crippen LogP contribution in [0.5, 0.6) is 0 Å². The third-order valence-corrected chi connectivity index (χ3v) is 3.44. The highest BCUT2D eigenvalue weighted by Gasteiger charge is 2.21. The first-order chi connectivity index (χ1) is 10.1. The Bertz CT molecular complexity index is 853. The summed E-state index contributed by atoms with van der Waals surface area (Å²) in [5.41, 5.74) is -0.0477. The number of nitrogens with zero attached hydrogens (tertiary/aromatic N) is 1. The smallest absolute Gasteiger partial charge is 0.199 e. The van der Waals surface area contributed by atoms with Gasteiger partial charge < -0.3 is 0 Å². The summed E-state index contributed by atoms with van der Waals surface area (Å²) in [6, 6.07) is 9.21. The lowest BCUT2D eigenvalue weighted by Gasteiger charge is -2.08. The summed E-state index contributed by atoms with van der Waals surface area (Å²) in [6.45, 7) is 1.50. The van der Waals surface area contributed by atoms with Gasteiger partial charge >= 0.3 is 0 Å². The van der Waals surface area contributed by atoms with Crippen molar-refractivity contribution in [2.24, 2.45) is 0 Å². The summed E-state index contributed by atoms with van der Waals surface area (Å²) >= 11 is 0. The number of fused-ring (bicyclic) bond motifs is 1. The van der Waals surface area contributed by atoms with Crippen molar-refractivity contribution in [3.63, 3.8) is 0 Å². The SMILES string of the molecule is Cc1ccc(F)c(C(=O)c2cccc3ccncc23)c1F. The minimum absolute atomic E-state index is 0.234. The average molecular weight is 283 g/mol. The molecule has 4 heteroatoms. The van der Waals surface area contributed by atoms with Gasteiger partial charge in [-0.3, -0.25) is 9.78 Å². The predicted octanol–water partition coefficient (Wildman–Crippen LogP) is 4.05. The van der Waals surface area contributed by atoms with Crippen LogP contribution in [-0.4, -0.2) is 10.8 Å². The van der Waals surface area contributed by atoms with Gasteiger partial charge in [0.15, 0.2) is 5.78 Å². The molecular weight excluding hydrogens is 272 g/mol. The average Bonchev–Trinajstić information content (AvgIpc) is 2.50. The van der Waals surface area contributed by atoms with Gasteiger partial charge in [0, 0.05) is 23.3 Å². The lowest BCUT2D eigenvalue weighted by atomic mass is 9.96. The number of carbonyl (C=O) groups excluding carboxylic acids is 1. The van der Waals surface area contributed by atoms with E-state index >= 15 is 0 Å². The molecule has 2 nitrogen and oxygen atoms in total. The van der Waals surface area contributed by atoms with Crippen molar-refractivity contribution >= 4 is 16.6 Å². The molecular formula is C17H11F2NO. The summed E-state index contributed by atoms with van der Waals surface area (Å²) in [6.07, 6.45) is 3.12. The van der Waals surface area contributed by atoms with Crippen molar-refractivity contribution in [3.8, 4) is 0 Å². The van der Waals surface area contributed by atoms with Crippen LogP contribution in [0.3, 0.4) is 0 Å². The van der Waals surface area contributed by atoms with Crippen molar-refractivity contribution in [2.45, 2.75) is 6.92 Å². The van der Waals surface area contributed by atoms with E-state index in [-0.39, 0.29) is 11.1 Å². The van der Waals surface area contributed by atoms with E-state index < -0.39 is 23.0 Å². The molecule has 0 aliphatic heterocycles. The molecule has 0 amide bonds. The molecule has 0 saturated carbocycles. The molecule has 104 valence electrons. The first-order valence-electron chi connectivity index (χ1n) is 6.41. The zero-order chi connectivity index (χ0) is 15.0. The Balaban J connectivity index is 2.25. The van der Waals surface area contributed by atoms with Gasteiger partial charge in [0.1, 0.15) is 11.6 Å². The van der Waals surface area contributed by atoms with Crippen LogP contribution in [0.2, 0.25) is 0 Å². The molecule has 0 unspecified atom stereocenters. The number of benzene rings is 2. The number of aryl methyl sites for hydroxylation is 1. The van der Waals surface area contributed by atoms with Crippen LogP contribution in [0.1, 0.15) is 21.5 Å². The van der Waals surface area contributed by atoms with Crippen molar-refractivity contribution in [2.75, 3.05) is 0 Å². The fourth-order valence-electron chi connectivity index (χ4n) is 2.31. The van der Waals surface area contributed by atoms with E-state index in [9.17, 15) is 13.6 Å². The molecule has 0 spiro atoms. The summed E-state index contributed by atoms with van der Waals surface area (Å²) < 4.78 is 28.0. The molecule has 0 bridgehead atoms. The molecule has 3 aromatic rings. The molecule has 0 aliphatic carbocycles. The number of hydrogen-bond donors (Lipinski definition) is 0. The largest absolute Gasteiger partial charge is 0.288 e. The van der Waals surface area contributed by atoms with Gasteiger partial charge in [0.05, 0.1) is 5.56 Å². The fourth-order valence-corrected chi connectivity index (χ4v) is 2.31. The number of ketones is 1. The fraction of sp³-hybridized carbons (Fsp3) is 0.0588. The third kappa shape index (κ3) is 2.18. The molecule has 2 aromatic carbocycles. The summed E-state index contributed by atoms with van der Waals surface area (Å²) in [5, 5.41) is 1.37. The van der Waals surface area contributed by atoms with Gasteiger partial charge in [-0.2, -0.15) is 0 Å². The van der Waals surface area contributed by atoms with E-state index in [1.165, 1.54) is 19.2 Å². The molecule has 0 fully saturated rings. The third-order valence-electron chi connectivity index (χ3n) is 3.44. The number of aromatic nitrogens is 1. The number of halogens is 2. The number of carbonyl (C=O) groups is 1. The quantitative estimate of drug-likeness (QED) is 0.664. The van der Waals surface area contributed by atoms with Gasteiger partial charge in [-0.25, -0.2) is 8.78 Å². The Morgan fingerprint density at radius 3 is 2.71 bits per heavy atom. The summed E-state index contributed by atoms with van der Waals surface area (Å²) in [7, 11) is 0. The van der Waals surface area contributed by atoms with Crippen LogP contribution in [0.15, 0.2) is 48.8 Å². The standard InChI is InChI=1S/C17H11F2NO/c1-10-5-6-14(18)15(16(10)19)17(21)12-4-2-3-11-7-8-20-9-13(11)12/h2-9H,1H3. The zero-order valence-corrected chi connectivity index (χ0v) is 11.2. The normalized spacial score (nSPS) is 10.8.